The highest BCUT2D eigenvalue weighted by Gasteiger charge is 2.43. The quantitative estimate of drug-likeness (QED) is 0.734. The van der Waals surface area contributed by atoms with E-state index in [-0.39, 0.29) is 11.4 Å². The molecule has 1 saturated carbocycles. The normalized spacial score (nSPS) is 22.2. The molecule has 3 rings (SSSR count). The van der Waals surface area contributed by atoms with Gasteiger partial charge >= 0.3 is 0 Å². The van der Waals surface area contributed by atoms with Crippen LogP contribution in [-0.4, -0.2) is 27.3 Å². The van der Waals surface area contributed by atoms with Crippen LogP contribution in [0.5, 0.6) is 0 Å². The summed E-state index contributed by atoms with van der Waals surface area (Å²) in [6.45, 7) is 1.28. The fraction of sp³-hybridized carbons (Fsp3) is 0.700. The number of nitrogens with zero attached hydrogens (tertiary/aromatic N) is 3. The van der Waals surface area contributed by atoms with Crippen molar-refractivity contribution in [3.05, 3.63) is 11.6 Å². The van der Waals surface area contributed by atoms with Crippen molar-refractivity contribution in [3.8, 4) is 0 Å². The van der Waals surface area contributed by atoms with Gasteiger partial charge in [0.05, 0.1) is 13.2 Å². The second kappa shape index (κ2) is 3.28. The van der Waals surface area contributed by atoms with Crippen LogP contribution < -0.4 is 5.73 Å². The maximum atomic E-state index is 11.1. The van der Waals surface area contributed by atoms with Gasteiger partial charge in [-0.3, -0.25) is 4.79 Å². The molecule has 0 radical (unpaired) electrons. The molecule has 0 aromatic carbocycles. The van der Waals surface area contributed by atoms with Crippen LogP contribution in [0.25, 0.3) is 0 Å². The van der Waals surface area contributed by atoms with Gasteiger partial charge in [-0.25, -0.2) is 9.67 Å². The van der Waals surface area contributed by atoms with Crippen molar-refractivity contribution in [1.29, 1.82) is 0 Å². The molecular formula is C10H14N4O2. The van der Waals surface area contributed by atoms with E-state index in [1.165, 1.54) is 0 Å². The van der Waals surface area contributed by atoms with E-state index in [0.29, 0.717) is 13.2 Å². The molecule has 2 heterocycles. The molecule has 1 spiro atoms. The summed E-state index contributed by atoms with van der Waals surface area (Å²) in [5.41, 5.74) is 4.89. The fourth-order valence-corrected chi connectivity index (χ4v) is 2.65. The summed E-state index contributed by atoms with van der Waals surface area (Å²) in [6, 6.07) is 0. The first-order valence-corrected chi connectivity index (χ1v) is 5.60. The van der Waals surface area contributed by atoms with Gasteiger partial charge in [0.15, 0.2) is 5.82 Å². The average Bonchev–Trinajstić information content (AvgIpc) is 2.85. The maximum Gasteiger partial charge on any atom is 0.288 e. The minimum absolute atomic E-state index is 0.103. The van der Waals surface area contributed by atoms with Gasteiger partial charge in [-0.2, -0.15) is 0 Å². The maximum absolute atomic E-state index is 11.1. The van der Waals surface area contributed by atoms with E-state index in [1.54, 1.807) is 4.68 Å². The molecule has 1 fully saturated rings. The minimum atomic E-state index is -0.574. The Morgan fingerprint density at radius 3 is 2.88 bits per heavy atom. The zero-order valence-corrected chi connectivity index (χ0v) is 8.98. The Morgan fingerprint density at radius 2 is 2.19 bits per heavy atom. The number of ether oxygens (including phenoxy) is 1. The van der Waals surface area contributed by atoms with Gasteiger partial charge in [-0.1, -0.05) is 0 Å². The van der Waals surface area contributed by atoms with Crippen LogP contribution in [0.4, 0.5) is 0 Å². The highest BCUT2D eigenvalue weighted by Crippen LogP contribution is 2.42. The fourth-order valence-electron chi connectivity index (χ4n) is 2.65. The SMILES string of the molecule is NC(=O)c1nc2n(n1)CCOC21CCCC1. The van der Waals surface area contributed by atoms with Crippen molar-refractivity contribution in [2.75, 3.05) is 6.61 Å². The van der Waals surface area contributed by atoms with Gasteiger partial charge in [-0.05, 0) is 25.7 Å². The van der Waals surface area contributed by atoms with Gasteiger partial charge in [-0.15, -0.1) is 5.10 Å². The molecule has 1 amide bonds. The van der Waals surface area contributed by atoms with Crippen LogP contribution in [0.1, 0.15) is 42.1 Å². The topological polar surface area (TPSA) is 83.0 Å². The van der Waals surface area contributed by atoms with Crippen LogP contribution in [-0.2, 0) is 16.9 Å². The summed E-state index contributed by atoms with van der Waals surface area (Å²) >= 11 is 0. The van der Waals surface area contributed by atoms with E-state index in [0.717, 1.165) is 31.5 Å². The van der Waals surface area contributed by atoms with E-state index < -0.39 is 5.91 Å². The van der Waals surface area contributed by atoms with Crippen LogP contribution in [0.15, 0.2) is 0 Å². The smallest absolute Gasteiger partial charge is 0.288 e. The molecule has 0 saturated heterocycles. The first kappa shape index (κ1) is 9.77. The van der Waals surface area contributed by atoms with E-state index in [9.17, 15) is 4.79 Å². The predicted octanol–water partition coefficient (Wildman–Crippen LogP) is 0.176. The molecule has 1 aromatic rings. The molecule has 6 nitrogen and oxygen atoms in total. The second-order valence-corrected chi connectivity index (χ2v) is 4.40. The highest BCUT2D eigenvalue weighted by molar-refractivity contribution is 5.88. The van der Waals surface area contributed by atoms with Crippen molar-refractivity contribution in [3.63, 3.8) is 0 Å². The molecule has 1 aliphatic carbocycles. The molecule has 2 aliphatic rings. The Hall–Kier alpha value is -1.43. The van der Waals surface area contributed by atoms with Crippen LogP contribution in [0, 0.1) is 0 Å². The lowest BCUT2D eigenvalue weighted by atomic mass is 10.00. The zero-order valence-electron chi connectivity index (χ0n) is 8.98. The lowest BCUT2D eigenvalue weighted by Gasteiger charge is -2.32. The van der Waals surface area contributed by atoms with Gasteiger partial charge in [0.2, 0.25) is 5.82 Å². The first-order valence-electron chi connectivity index (χ1n) is 5.60. The Labute approximate surface area is 92.8 Å². The summed E-state index contributed by atoms with van der Waals surface area (Å²) < 4.78 is 7.64. The summed E-state index contributed by atoms with van der Waals surface area (Å²) in [7, 11) is 0. The van der Waals surface area contributed by atoms with Gasteiger partial charge in [0, 0.05) is 0 Å². The van der Waals surface area contributed by atoms with Gasteiger partial charge in [0.1, 0.15) is 5.60 Å². The molecule has 16 heavy (non-hydrogen) atoms. The lowest BCUT2D eigenvalue weighted by Crippen LogP contribution is -2.36. The molecular weight excluding hydrogens is 208 g/mol. The number of hydrogen-bond donors (Lipinski definition) is 1. The second-order valence-electron chi connectivity index (χ2n) is 4.40. The largest absolute Gasteiger partial charge is 0.365 e. The number of carbonyl (C=O) groups is 1. The molecule has 6 heteroatoms. The number of fused-ring (bicyclic) bond motifs is 2. The Kier molecular flexibility index (Phi) is 2.00. The van der Waals surface area contributed by atoms with E-state index in [1.807, 2.05) is 0 Å². The molecule has 86 valence electrons. The number of rotatable bonds is 1. The molecule has 0 bridgehead atoms. The van der Waals surface area contributed by atoms with E-state index in [4.69, 9.17) is 10.5 Å². The molecule has 0 atom stereocenters. The number of carbonyl (C=O) groups excluding carboxylic acids is 1. The van der Waals surface area contributed by atoms with Crippen molar-refractivity contribution in [1.82, 2.24) is 14.8 Å². The summed E-state index contributed by atoms with van der Waals surface area (Å²) in [6.07, 6.45) is 4.20. The minimum Gasteiger partial charge on any atom is -0.365 e. The van der Waals surface area contributed by atoms with Crippen LogP contribution in [0.3, 0.4) is 0 Å². The number of nitrogens with two attached hydrogens (primary N) is 1. The van der Waals surface area contributed by atoms with Crippen molar-refractivity contribution in [2.45, 2.75) is 37.8 Å². The summed E-state index contributed by atoms with van der Waals surface area (Å²) in [5.74, 6) is 0.312. The van der Waals surface area contributed by atoms with Crippen molar-refractivity contribution in [2.24, 2.45) is 5.73 Å². The zero-order chi connectivity index (χ0) is 11.2. The Balaban J connectivity index is 2.07. The third-order valence-corrected chi connectivity index (χ3v) is 3.39. The van der Waals surface area contributed by atoms with Crippen molar-refractivity contribution >= 4 is 5.91 Å². The first-order chi connectivity index (χ1) is 7.71. The molecule has 2 N–H and O–H groups in total. The number of aromatic nitrogens is 3. The monoisotopic (exact) mass is 222 g/mol. The average molecular weight is 222 g/mol. The highest BCUT2D eigenvalue weighted by atomic mass is 16.5. The van der Waals surface area contributed by atoms with Crippen LogP contribution in [0.2, 0.25) is 0 Å². The van der Waals surface area contributed by atoms with Crippen LogP contribution >= 0.6 is 0 Å². The predicted molar refractivity (Wildman–Crippen MR) is 54.6 cm³/mol. The van der Waals surface area contributed by atoms with E-state index >= 15 is 0 Å². The Morgan fingerprint density at radius 1 is 1.44 bits per heavy atom. The third kappa shape index (κ3) is 1.26. The molecule has 0 unspecified atom stereocenters. The lowest BCUT2D eigenvalue weighted by molar-refractivity contribution is -0.0788. The number of amides is 1. The van der Waals surface area contributed by atoms with Gasteiger partial charge < -0.3 is 10.5 Å². The number of primary amides is 1. The standard InChI is InChI=1S/C10H14N4O2/c11-7(15)8-12-9-10(3-1-2-4-10)16-6-5-14(9)13-8/h1-6H2,(H2,11,15). The van der Waals surface area contributed by atoms with Crippen molar-refractivity contribution < 1.29 is 9.53 Å². The Bertz CT molecular complexity index is 434. The van der Waals surface area contributed by atoms with Gasteiger partial charge in [0.25, 0.3) is 5.91 Å². The summed E-state index contributed by atoms with van der Waals surface area (Å²) in [5, 5.41) is 4.12. The van der Waals surface area contributed by atoms with E-state index in [2.05, 4.69) is 10.1 Å². The molecule has 1 aliphatic heterocycles. The number of hydrogen-bond acceptors (Lipinski definition) is 4. The molecule has 1 aromatic heterocycles. The third-order valence-electron chi connectivity index (χ3n) is 3.39. The summed E-state index contributed by atoms with van der Waals surface area (Å²) in [4.78, 5) is 15.3.